The topological polar surface area (TPSA) is 12.0 Å². The Morgan fingerprint density at radius 1 is 1.00 bits per heavy atom. The van der Waals surface area contributed by atoms with Gasteiger partial charge in [0.25, 0.3) is 0 Å². The Labute approximate surface area is 138 Å². The number of likely N-dealkylation sites (N-methyl/N-ethyl adjacent to an activating group) is 1. The van der Waals surface area contributed by atoms with Crippen molar-refractivity contribution in [3.8, 4) is 0 Å². The van der Waals surface area contributed by atoms with Crippen LogP contribution in [0.1, 0.15) is 24.0 Å². The molecule has 0 saturated heterocycles. The molecule has 0 aliphatic rings. The minimum Gasteiger partial charge on any atom is -0.316 e. The quantitative estimate of drug-likeness (QED) is 0.711. The Bertz CT molecular complexity index is 537. The normalized spacial score (nSPS) is 12.3. The van der Waals surface area contributed by atoms with E-state index >= 15 is 0 Å². The van der Waals surface area contributed by atoms with Crippen LogP contribution >= 0.6 is 31.9 Å². The largest absolute Gasteiger partial charge is 0.316 e. The SMILES string of the molecule is CCNCC(Cc1ccc(Br)cc1)c1ccccc1Br. The van der Waals surface area contributed by atoms with E-state index in [1.54, 1.807) is 0 Å². The molecule has 0 amide bonds. The number of hydrogen-bond donors (Lipinski definition) is 1. The molecule has 1 N–H and O–H groups in total. The van der Waals surface area contributed by atoms with Crippen LogP contribution in [-0.4, -0.2) is 13.1 Å². The van der Waals surface area contributed by atoms with Gasteiger partial charge in [0.1, 0.15) is 0 Å². The molecule has 1 nitrogen and oxygen atoms in total. The van der Waals surface area contributed by atoms with Crippen molar-refractivity contribution in [2.75, 3.05) is 13.1 Å². The lowest BCUT2D eigenvalue weighted by Gasteiger charge is -2.19. The second-order valence-electron chi connectivity index (χ2n) is 4.86. The van der Waals surface area contributed by atoms with Crippen molar-refractivity contribution in [2.45, 2.75) is 19.3 Å². The van der Waals surface area contributed by atoms with Crippen molar-refractivity contribution in [1.29, 1.82) is 0 Å². The van der Waals surface area contributed by atoms with Gasteiger partial charge in [-0.2, -0.15) is 0 Å². The van der Waals surface area contributed by atoms with Gasteiger partial charge in [-0.05, 0) is 42.3 Å². The fraction of sp³-hybridized carbons (Fsp3) is 0.294. The lowest BCUT2D eigenvalue weighted by atomic mass is 9.92. The molecule has 0 aliphatic heterocycles. The first kappa shape index (κ1) is 15.7. The average Bonchev–Trinajstić information content (AvgIpc) is 2.46. The maximum atomic E-state index is 3.68. The van der Waals surface area contributed by atoms with E-state index in [4.69, 9.17) is 0 Å². The Hall–Kier alpha value is -0.640. The highest BCUT2D eigenvalue weighted by Gasteiger charge is 2.14. The van der Waals surface area contributed by atoms with Gasteiger partial charge in [0.15, 0.2) is 0 Å². The highest BCUT2D eigenvalue weighted by atomic mass is 79.9. The van der Waals surface area contributed by atoms with E-state index in [1.165, 1.54) is 15.6 Å². The summed E-state index contributed by atoms with van der Waals surface area (Å²) in [5.74, 6) is 0.478. The van der Waals surface area contributed by atoms with Crippen LogP contribution in [0.4, 0.5) is 0 Å². The third-order valence-corrected chi connectivity index (χ3v) is 4.63. The Kier molecular flexibility index (Phi) is 6.27. The molecule has 0 aliphatic carbocycles. The zero-order valence-electron chi connectivity index (χ0n) is 11.6. The second kappa shape index (κ2) is 7.96. The van der Waals surface area contributed by atoms with Gasteiger partial charge in [0.2, 0.25) is 0 Å². The molecule has 0 saturated carbocycles. The van der Waals surface area contributed by atoms with E-state index in [2.05, 4.69) is 92.6 Å². The first-order valence-electron chi connectivity index (χ1n) is 6.90. The van der Waals surface area contributed by atoms with Crippen molar-refractivity contribution >= 4 is 31.9 Å². The molecule has 3 heteroatoms. The Balaban J connectivity index is 2.19. The van der Waals surface area contributed by atoms with Gasteiger partial charge in [0.05, 0.1) is 0 Å². The smallest absolute Gasteiger partial charge is 0.0210 e. The molecular formula is C17H19Br2N. The summed E-state index contributed by atoms with van der Waals surface area (Å²) in [6.45, 7) is 4.15. The molecule has 1 atom stereocenters. The monoisotopic (exact) mass is 395 g/mol. The molecule has 2 aromatic carbocycles. The fourth-order valence-corrected chi connectivity index (χ4v) is 3.19. The molecule has 0 fully saturated rings. The van der Waals surface area contributed by atoms with Crippen LogP contribution in [0.3, 0.4) is 0 Å². The number of nitrogens with one attached hydrogen (secondary N) is 1. The maximum absolute atomic E-state index is 3.68. The lowest BCUT2D eigenvalue weighted by Crippen LogP contribution is -2.23. The van der Waals surface area contributed by atoms with Gasteiger partial charge in [-0.25, -0.2) is 0 Å². The van der Waals surface area contributed by atoms with Crippen LogP contribution in [0.2, 0.25) is 0 Å². The summed E-state index contributed by atoms with van der Waals surface area (Å²) >= 11 is 7.17. The van der Waals surface area contributed by atoms with Crippen molar-refractivity contribution in [1.82, 2.24) is 5.32 Å². The third-order valence-electron chi connectivity index (χ3n) is 3.38. The molecule has 2 rings (SSSR count). The van der Waals surface area contributed by atoms with Gasteiger partial charge in [-0.3, -0.25) is 0 Å². The molecule has 20 heavy (non-hydrogen) atoms. The summed E-state index contributed by atoms with van der Waals surface area (Å²) in [7, 11) is 0. The summed E-state index contributed by atoms with van der Waals surface area (Å²) in [6.07, 6.45) is 1.04. The van der Waals surface area contributed by atoms with Gasteiger partial charge in [-0.1, -0.05) is 69.1 Å². The van der Waals surface area contributed by atoms with Crippen molar-refractivity contribution in [3.05, 3.63) is 68.6 Å². The highest BCUT2D eigenvalue weighted by Crippen LogP contribution is 2.27. The molecule has 2 aromatic rings. The van der Waals surface area contributed by atoms with Crippen LogP contribution in [0, 0.1) is 0 Å². The van der Waals surface area contributed by atoms with Gasteiger partial charge in [-0.15, -0.1) is 0 Å². The lowest BCUT2D eigenvalue weighted by molar-refractivity contribution is 0.593. The summed E-state index contributed by atoms with van der Waals surface area (Å²) in [4.78, 5) is 0. The highest BCUT2D eigenvalue weighted by molar-refractivity contribution is 9.10. The molecule has 0 heterocycles. The average molecular weight is 397 g/mol. The maximum Gasteiger partial charge on any atom is 0.0210 e. The summed E-state index contributed by atoms with van der Waals surface area (Å²) < 4.78 is 2.32. The number of halogens is 2. The van der Waals surface area contributed by atoms with E-state index in [0.29, 0.717) is 5.92 Å². The van der Waals surface area contributed by atoms with E-state index in [1.807, 2.05) is 0 Å². The summed E-state index contributed by atoms with van der Waals surface area (Å²) in [5.41, 5.74) is 2.74. The van der Waals surface area contributed by atoms with E-state index < -0.39 is 0 Å². The summed E-state index contributed by atoms with van der Waals surface area (Å²) in [5, 5.41) is 3.48. The first-order chi connectivity index (χ1) is 9.70. The second-order valence-corrected chi connectivity index (χ2v) is 6.63. The van der Waals surface area contributed by atoms with Crippen LogP contribution in [-0.2, 0) is 6.42 Å². The van der Waals surface area contributed by atoms with Crippen LogP contribution in [0.25, 0.3) is 0 Å². The minimum atomic E-state index is 0.478. The van der Waals surface area contributed by atoms with Crippen molar-refractivity contribution in [3.63, 3.8) is 0 Å². The van der Waals surface area contributed by atoms with Crippen molar-refractivity contribution < 1.29 is 0 Å². The minimum absolute atomic E-state index is 0.478. The molecule has 0 spiro atoms. The van der Waals surface area contributed by atoms with Gasteiger partial charge < -0.3 is 5.32 Å². The molecule has 1 unspecified atom stereocenters. The van der Waals surface area contributed by atoms with E-state index in [-0.39, 0.29) is 0 Å². The zero-order valence-corrected chi connectivity index (χ0v) is 14.7. The number of hydrogen-bond acceptors (Lipinski definition) is 1. The third kappa shape index (κ3) is 4.44. The van der Waals surface area contributed by atoms with E-state index in [0.717, 1.165) is 24.0 Å². The van der Waals surface area contributed by atoms with Crippen molar-refractivity contribution in [2.24, 2.45) is 0 Å². The van der Waals surface area contributed by atoms with E-state index in [9.17, 15) is 0 Å². The molecule has 0 radical (unpaired) electrons. The van der Waals surface area contributed by atoms with Crippen LogP contribution < -0.4 is 5.32 Å². The molecule has 106 valence electrons. The first-order valence-corrected chi connectivity index (χ1v) is 8.49. The predicted octanol–water partition coefficient (Wildman–Crippen LogP) is 5.15. The summed E-state index contributed by atoms with van der Waals surface area (Å²) in [6, 6.07) is 17.1. The Morgan fingerprint density at radius 3 is 2.35 bits per heavy atom. The molecule has 0 bridgehead atoms. The van der Waals surface area contributed by atoms with Gasteiger partial charge >= 0.3 is 0 Å². The van der Waals surface area contributed by atoms with Crippen LogP contribution in [0.5, 0.6) is 0 Å². The molecular weight excluding hydrogens is 378 g/mol. The standard InChI is InChI=1S/C17H19Br2N/c1-2-20-12-14(16-5-3-4-6-17(16)19)11-13-7-9-15(18)10-8-13/h3-10,14,20H,2,11-12H2,1H3. The van der Waals surface area contributed by atoms with Gasteiger partial charge in [0, 0.05) is 21.4 Å². The Morgan fingerprint density at radius 2 is 1.70 bits per heavy atom. The zero-order chi connectivity index (χ0) is 14.4. The fourth-order valence-electron chi connectivity index (χ4n) is 2.32. The predicted molar refractivity (Wildman–Crippen MR) is 93.3 cm³/mol. The number of benzene rings is 2. The van der Waals surface area contributed by atoms with Crippen LogP contribution in [0.15, 0.2) is 57.5 Å². The number of rotatable bonds is 6. The molecule has 0 aromatic heterocycles.